The zero-order chi connectivity index (χ0) is 11.6. The van der Waals surface area contributed by atoms with E-state index in [1.165, 1.54) is 0 Å². The first-order valence-electron chi connectivity index (χ1n) is 4.65. The summed E-state index contributed by atoms with van der Waals surface area (Å²) in [5.41, 5.74) is 6.39. The second-order valence-electron chi connectivity index (χ2n) is 4.21. The van der Waals surface area contributed by atoms with Gasteiger partial charge in [-0.05, 0) is 13.0 Å². The number of anilines is 1. The second-order valence-corrected chi connectivity index (χ2v) is 4.21. The molecule has 0 atom stereocenters. The van der Waals surface area contributed by atoms with Crippen molar-refractivity contribution in [2.75, 3.05) is 5.73 Å². The number of aryl methyl sites for hydroxylation is 1. The van der Waals surface area contributed by atoms with Crippen LogP contribution in [0.1, 0.15) is 31.7 Å². The molecule has 1 aromatic rings. The summed E-state index contributed by atoms with van der Waals surface area (Å²) in [5, 5.41) is 8.77. The summed E-state index contributed by atoms with van der Waals surface area (Å²) in [4.78, 5) is 18.7. The number of nitrogens with two attached hydrogens (primary N) is 1. The van der Waals surface area contributed by atoms with Gasteiger partial charge in [0.1, 0.15) is 0 Å². The lowest BCUT2D eigenvalue weighted by Gasteiger charge is -2.22. The summed E-state index contributed by atoms with van der Waals surface area (Å²) < 4.78 is 0. The van der Waals surface area contributed by atoms with Crippen molar-refractivity contribution in [3.8, 4) is 0 Å². The first-order chi connectivity index (χ1) is 6.81. The summed E-state index contributed by atoms with van der Waals surface area (Å²) in [7, 11) is 0. The molecule has 5 nitrogen and oxygen atoms in total. The minimum atomic E-state index is -0.852. The van der Waals surface area contributed by atoms with E-state index in [9.17, 15) is 4.79 Å². The molecule has 0 radical (unpaired) electrons. The Balaban J connectivity index is 3.08. The Morgan fingerprint density at radius 2 is 2.13 bits per heavy atom. The summed E-state index contributed by atoms with van der Waals surface area (Å²) in [6.45, 7) is 5.45. The van der Waals surface area contributed by atoms with Crippen LogP contribution < -0.4 is 5.73 Å². The van der Waals surface area contributed by atoms with Crippen LogP contribution in [0.25, 0.3) is 0 Å². The fourth-order valence-corrected chi connectivity index (χ4v) is 1.41. The SMILES string of the molecule is Cc1cc(C(C)(C)CC(=O)O)nc(N)n1. The van der Waals surface area contributed by atoms with E-state index in [1.807, 2.05) is 13.8 Å². The lowest BCUT2D eigenvalue weighted by molar-refractivity contribution is -0.138. The maximum Gasteiger partial charge on any atom is 0.304 e. The molecule has 1 aromatic heterocycles. The lowest BCUT2D eigenvalue weighted by atomic mass is 9.85. The van der Waals surface area contributed by atoms with Gasteiger partial charge in [0, 0.05) is 11.1 Å². The van der Waals surface area contributed by atoms with Gasteiger partial charge in [0.2, 0.25) is 5.95 Å². The van der Waals surface area contributed by atoms with Crippen LogP contribution in [-0.2, 0) is 10.2 Å². The smallest absolute Gasteiger partial charge is 0.304 e. The van der Waals surface area contributed by atoms with E-state index in [0.717, 1.165) is 5.69 Å². The number of hydrogen-bond donors (Lipinski definition) is 2. The van der Waals surface area contributed by atoms with Gasteiger partial charge in [-0.1, -0.05) is 13.8 Å². The van der Waals surface area contributed by atoms with Crippen molar-refractivity contribution in [3.63, 3.8) is 0 Å². The molecular weight excluding hydrogens is 194 g/mol. The molecule has 15 heavy (non-hydrogen) atoms. The zero-order valence-corrected chi connectivity index (χ0v) is 9.11. The molecule has 3 N–H and O–H groups in total. The number of rotatable bonds is 3. The normalized spacial score (nSPS) is 11.4. The van der Waals surface area contributed by atoms with Crippen molar-refractivity contribution in [3.05, 3.63) is 17.5 Å². The van der Waals surface area contributed by atoms with Crippen molar-refractivity contribution in [1.29, 1.82) is 0 Å². The van der Waals surface area contributed by atoms with Gasteiger partial charge in [0.25, 0.3) is 0 Å². The molecule has 0 fully saturated rings. The van der Waals surface area contributed by atoms with E-state index in [1.54, 1.807) is 13.0 Å². The molecule has 0 aromatic carbocycles. The highest BCUT2D eigenvalue weighted by molar-refractivity contribution is 5.68. The molecule has 0 aliphatic rings. The molecule has 0 bridgehead atoms. The third kappa shape index (κ3) is 2.90. The number of carbonyl (C=O) groups is 1. The van der Waals surface area contributed by atoms with E-state index >= 15 is 0 Å². The van der Waals surface area contributed by atoms with E-state index in [2.05, 4.69) is 9.97 Å². The lowest BCUT2D eigenvalue weighted by Crippen LogP contribution is -2.24. The molecule has 1 heterocycles. The van der Waals surface area contributed by atoms with Crippen molar-refractivity contribution in [2.24, 2.45) is 0 Å². The highest BCUT2D eigenvalue weighted by atomic mass is 16.4. The molecule has 0 saturated heterocycles. The molecule has 0 spiro atoms. The van der Waals surface area contributed by atoms with E-state index < -0.39 is 11.4 Å². The van der Waals surface area contributed by atoms with Crippen molar-refractivity contribution in [1.82, 2.24) is 9.97 Å². The predicted molar refractivity (Wildman–Crippen MR) is 56.5 cm³/mol. The third-order valence-corrected chi connectivity index (χ3v) is 2.16. The number of hydrogen-bond acceptors (Lipinski definition) is 4. The number of carboxylic acid groups (broad SMARTS) is 1. The Labute approximate surface area is 88.4 Å². The highest BCUT2D eigenvalue weighted by Gasteiger charge is 2.26. The number of aromatic nitrogens is 2. The predicted octanol–water partition coefficient (Wildman–Crippen LogP) is 1.12. The van der Waals surface area contributed by atoms with E-state index in [4.69, 9.17) is 10.8 Å². The van der Waals surface area contributed by atoms with Crippen LogP contribution in [0.4, 0.5) is 5.95 Å². The minimum Gasteiger partial charge on any atom is -0.481 e. The third-order valence-electron chi connectivity index (χ3n) is 2.16. The fraction of sp³-hybridized carbons (Fsp3) is 0.500. The van der Waals surface area contributed by atoms with Crippen LogP contribution >= 0.6 is 0 Å². The number of nitrogens with zero attached hydrogens (tertiary/aromatic N) is 2. The molecule has 1 rings (SSSR count). The van der Waals surface area contributed by atoms with Gasteiger partial charge in [0.15, 0.2) is 0 Å². The van der Waals surface area contributed by atoms with E-state index in [0.29, 0.717) is 5.69 Å². The maximum atomic E-state index is 10.7. The Hall–Kier alpha value is -1.65. The van der Waals surface area contributed by atoms with Gasteiger partial charge in [-0.3, -0.25) is 4.79 Å². The molecule has 0 unspecified atom stereocenters. The van der Waals surface area contributed by atoms with Crippen LogP contribution in [0.3, 0.4) is 0 Å². The van der Waals surface area contributed by atoms with Gasteiger partial charge in [-0.25, -0.2) is 9.97 Å². The highest BCUT2D eigenvalue weighted by Crippen LogP contribution is 2.25. The number of aliphatic carboxylic acids is 1. The van der Waals surface area contributed by atoms with Gasteiger partial charge in [0.05, 0.1) is 12.1 Å². The van der Waals surface area contributed by atoms with Crippen LogP contribution in [0.15, 0.2) is 6.07 Å². The molecule has 82 valence electrons. The van der Waals surface area contributed by atoms with E-state index in [-0.39, 0.29) is 12.4 Å². The van der Waals surface area contributed by atoms with Crippen molar-refractivity contribution in [2.45, 2.75) is 32.6 Å². The Morgan fingerprint density at radius 1 is 1.53 bits per heavy atom. The van der Waals surface area contributed by atoms with Crippen LogP contribution in [0.5, 0.6) is 0 Å². The second kappa shape index (κ2) is 3.84. The van der Waals surface area contributed by atoms with Crippen LogP contribution in [0.2, 0.25) is 0 Å². The topological polar surface area (TPSA) is 89.1 Å². The summed E-state index contributed by atoms with van der Waals surface area (Å²) in [5.74, 6) is -0.668. The first-order valence-corrected chi connectivity index (χ1v) is 4.65. The Bertz CT molecular complexity index is 368. The summed E-state index contributed by atoms with van der Waals surface area (Å²) in [6.07, 6.45) is 0.0168. The zero-order valence-electron chi connectivity index (χ0n) is 9.11. The van der Waals surface area contributed by atoms with Gasteiger partial charge in [-0.15, -0.1) is 0 Å². The molecule has 0 aliphatic carbocycles. The van der Waals surface area contributed by atoms with Crippen LogP contribution in [0, 0.1) is 6.92 Å². The average molecular weight is 209 g/mol. The summed E-state index contributed by atoms with van der Waals surface area (Å²) in [6, 6.07) is 1.76. The quantitative estimate of drug-likeness (QED) is 0.778. The Kier molecular flexibility index (Phi) is 2.93. The van der Waals surface area contributed by atoms with Gasteiger partial charge in [-0.2, -0.15) is 0 Å². The molecule has 0 amide bonds. The number of nitrogen functional groups attached to an aromatic ring is 1. The van der Waals surface area contributed by atoms with Gasteiger partial charge < -0.3 is 10.8 Å². The molecular formula is C10H15N3O2. The van der Waals surface area contributed by atoms with Crippen molar-refractivity contribution >= 4 is 11.9 Å². The monoisotopic (exact) mass is 209 g/mol. The summed E-state index contributed by atoms with van der Waals surface area (Å²) >= 11 is 0. The molecule has 0 aliphatic heterocycles. The van der Waals surface area contributed by atoms with Crippen LogP contribution in [-0.4, -0.2) is 21.0 Å². The van der Waals surface area contributed by atoms with Gasteiger partial charge >= 0.3 is 5.97 Å². The van der Waals surface area contributed by atoms with Crippen molar-refractivity contribution < 1.29 is 9.90 Å². The first kappa shape index (κ1) is 11.4. The fourth-order valence-electron chi connectivity index (χ4n) is 1.41. The minimum absolute atomic E-state index is 0.0168. The molecule has 0 saturated carbocycles. The molecule has 5 heteroatoms. The average Bonchev–Trinajstić information content (AvgIpc) is 1.99. The maximum absolute atomic E-state index is 10.7. The standard InChI is InChI=1S/C10H15N3O2/c1-6-4-7(13-9(11)12-6)10(2,3)5-8(14)15/h4H,5H2,1-3H3,(H,14,15)(H2,11,12,13). The Morgan fingerprint density at radius 3 is 2.60 bits per heavy atom. The number of carboxylic acids is 1. The largest absolute Gasteiger partial charge is 0.481 e.